The Hall–Kier alpha value is -2.42. The minimum absolute atomic E-state index is 0.713. The van der Waals surface area contributed by atoms with Gasteiger partial charge >= 0.3 is 0 Å². The van der Waals surface area contributed by atoms with Gasteiger partial charge in [-0.15, -0.1) is 0 Å². The van der Waals surface area contributed by atoms with Gasteiger partial charge in [0.25, 0.3) is 0 Å². The molecule has 0 N–H and O–H groups in total. The summed E-state index contributed by atoms with van der Waals surface area (Å²) in [5.41, 5.74) is 3.13. The number of nitrogens with zero attached hydrogens (tertiary/aromatic N) is 2. The third kappa shape index (κ3) is 2.23. The van der Waals surface area contributed by atoms with Crippen LogP contribution in [0.25, 0.3) is 22.2 Å². The molecule has 0 saturated heterocycles. The van der Waals surface area contributed by atoms with E-state index in [2.05, 4.69) is 53.3 Å². The lowest BCUT2D eigenvalue weighted by Crippen LogP contribution is -1.95. The van der Waals surface area contributed by atoms with E-state index in [1.54, 1.807) is 13.3 Å². The highest BCUT2D eigenvalue weighted by Crippen LogP contribution is 2.24. The maximum atomic E-state index is 5.19. The van der Waals surface area contributed by atoms with E-state index in [0.29, 0.717) is 5.75 Å². The van der Waals surface area contributed by atoms with E-state index in [0.717, 1.165) is 17.1 Å². The summed E-state index contributed by atoms with van der Waals surface area (Å²) in [7, 11) is 1.63. The lowest BCUT2D eigenvalue weighted by atomic mass is 10.0. The Labute approximate surface area is 118 Å². The van der Waals surface area contributed by atoms with Gasteiger partial charge in [0.05, 0.1) is 19.0 Å². The minimum atomic E-state index is 0.713. The van der Waals surface area contributed by atoms with Crippen molar-refractivity contribution in [3.63, 3.8) is 0 Å². The Morgan fingerprint density at radius 3 is 2.45 bits per heavy atom. The first kappa shape index (κ1) is 12.6. The summed E-state index contributed by atoms with van der Waals surface area (Å²) in [6, 6.07) is 12.7. The van der Waals surface area contributed by atoms with Crippen LogP contribution in [-0.2, 0) is 0 Å². The minimum Gasteiger partial charge on any atom is -0.493 e. The molecule has 3 nitrogen and oxygen atoms in total. The number of ether oxygens (including phenoxy) is 1. The molecule has 3 rings (SSSR count). The third-order valence-corrected chi connectivity index (χ3v) is 3.41. The fraction of sp³-hybridized carbons (Fsp3) is 0.176. The summed E-state index contributed by atoms with van der Waals surface area (Å²) >= 11 is 0. The van der Waals surface area contributed by atoms with Crippen LogP contribution < -0.4 is 4.74 Å². The van der Waals surface area contributed by atoms with Crippen molar-refractivity contribution in [3.05, 3.63) is 53.9 Å². The largest absolute Gasteiger partial charge is 0.493 e. The maximum Gasteiger partial charge on any atom is 0.159 e. The lowest BCUT2D eigenvalue weighted by Gasteiger charge is -2.07. The van der Waals surface area contributed by atoms with E-state index in [1.807, 2.05) is 6.92 Å². The van der Waals surface area contributed by atoms with Crippen LogP contribution in [0.5, 0.6) is 5.75 Å². The van der Waals surface area contributed by atoms with E-state index >= 15 is 0 Å². The summed E-state index contributed by atoms with van der Waals surface area (Å²) in [6.45, 7) is 4.03. The Balaban J connectivity index is 2.10. The predicted molar refractivity (Wildman–Crippen MR) is 81.0 cm³/mol. The lowest BCUT2D eigenvalue weighted by molar-refractivity contribution is 0.407. The predicted octanol–water partition coefficient (Wildman–Crippen LogP) is 3.92. The van der Waals surface area contributed by atoms with E-state index < -0.39 is 0 Å². The van der Waals surface area contributed by atoms with Crippen molar-refractivity contribution in [2.45, 2.75) is 13.8 Å². The first-order valence-electron chi connectivity index (χ1n) is 6.56. The van der Waals surface area contributed by atoms with Crippen LogP contribution in [-0.4, -0.2) is 17.1 Å². The van der Waals surface area contributed by atoms with Crippen molar-refractivity contribution >= 4 is 10.8 Å². The molecule has 0 fully saturated rings. The standard InChI is InChI=1S/C17H16N2O/c1-11-4-5-14-9-15(7-6-13(14)8-11)17-18-10-16(20-3)12(2)19-17/h4-10H,1-3H3. The van der Waals surface area contributed by atoms with Crippen molar-refractivity contribution in [2.75, 3.05) is 7.11 Å². The molecule has 1 heterocycles. The molecule has 0 spiro atoms. The molecule has 0 unspecified atom stereocenters. The van der Waals surface area contributed by atoms with Gasteiger partial charge in [0, 0.05) is 5.56 Å². The topological polar surface area (TPSA) is 35.0 Å². The van der Waals surface area contributed by atoms with Crippen molar-refractivity contribution in [2.24, 2.45) is 0 Å². The fourth-order valence-corrected chi connectivity index (χ4v) is 2.30. The van der Waals surface area contributed by atoms with Crippen molar-refractivity contribution in [1.29, 1.82) is 0 Å². The van der Waals surface area contributed by atoms with Crippen LogP contribution in [0, 0.1) is 13.8 Å². The number of aromatic nitrogens is 2. The summed E-state index contributed by atoms with van der Waals surface area (Å²) in [4.78, 5) is 8.87. The van der Waals surface area contributed by atoms with E-state index in [4.69, 9.17) is 4.74 Å². The Kier molecular flexibility index (Phi) is 3.11. The van der Waals surface area contributed by atoms with Gasteiger partial charge in [0.1, 0.15) is 0 Å². The van der Waals surface area contributed by atoms with Gasteiger partial charge in [-0.1, -0.05) is 35.9 Å². The molecule has 0 aliphatic carbocycles. The molecule has 3 aromatic rings. The highest BCUT2D eigenvalue weighted by molar-refractivity contribution is 5.86. The van der Waals surface area contributed by atoms with E-state index in [-0.39, 0.29) is 0 Å². The average molecular weight is 264 g/mol. The average Bonchev–Trinajstić information content (AvgIpc) is 2.46. The van der Waals surface area contributed by atoms with Gasteiger partial charge in [0.2, 0.25) is 0 Å². The molecule has 0 aliphatic heterocycles. The zero-order valence-electron chi connectivity index (χ0n) is 11.8. The Morgan fingerprint density at radius 2 is 1.70 bits per heavy atom. The van der Waals surface area contributed by atoms with Gasteiger partial charge in [0.15, 0.2) is 11.6 Å². The summed E-state index contributed by atoms with van der Waals surface area (Å²) < 4.78 is 5.19. The summed E-state index contributed by atoms with van der Waals surface area (Å²) in [5, 5.41) is 2.43. The van der Waals surface area contributed by atoms with Crippen LogP contribution in [0.2, 0.25) is 0 Å². The van der Waals surface area contributed by atoms with Crippen LogP contribution in [0.4, 0.5) is 0 Å². The molecule has 100 valence electrons. The number of aryl methyl sites for hydroxylation is 2. The zero-order valence-corrected chi connectivity index (χ0v) is 11.8. The van der Waals surface area contributed by atoms with Gasteiger partial charge in [-0.05, 0) is 30.7 Å². The molecule has 0 amide bonds. The van der Waals surface area contributed by atoms with Crippen molar-refractivity contribution in [3.8, 4) is 17.1 Å². The number of hydrogen-bond acceptors (Lipinski definition) is 3. The first-order valence-corrected chi connectivity index (χ1v) is 6.56. The molecule has 0 aliphatic rings. The van der Waals surface area contributed by atoms with Gasteiger partial charge in [-0.3, -0.25) is 0 Å². The van der Waals surface area contributed by atoms with Crippen molar-refractivity contribution in [1.82, 2.24) is 9.97 Å². The van der Waals surface area contributed by atoms with Crippen LogP contribution in [0.15, 0.2) is 42.6 Å². The number of rotatable bonds is 2. The van der Waals surface area contributed by atoms with Crippen LogP contribution in [0.3, 0.4) is 0 Å². The molecule has 2 aromatic carbocycles. The van der Waals surface area contributed by atoms with Gasteiger partial charge in [-0.25, -0.2) is 9.97 Å². The second-order valence-electron chi connectivity index (χ2n) is 4.91. The molecule has 1 aromatic heterocycles. The Morgan fingerprint density at radius 1 is 0.950 bits per heavy atom. The molecule has 0 saturated carbocycles. The highest BCUT2D eigenvalue weighted by Gasteiger charge is 2.06. The summed E-state index contributed by atoms with van der Waals surface area (Å²) in [6.07, 6.45) is 1.72. The second kappa shape index (κ2) is 4.93. The van der Waals surface area contributed by atoms with Gasteiger partial charge in [-0.2, -0.15) is 0 Å². The third-order valence-electron chi connectivity index (χ3n) is 3.41. The molecule has 0 bridgehead atoms. The monoisotopic (exact) mass is 264 g/mol. The molecule has 0 radical (unpaired) electrons. The number of methoxy groups -OCH3 is 1. The van der Waals surface area contributed by atoms with Gasteiger partial charge < -0.3 is 4.74 Å². The summed E-state index contributed by atoms with van der Waals surface area (Å²) in [5.74, 6) is 1.44. The smallest absolute Gasteiger partial charge is 0.159 e. The zero-order chi connectivity index (χ0) is 14.1. The normalized spacial score (nSPS) is 10.8. The number of hydrogen-bond donors (Lipinski definition) is 0. The molecule has 3 heteroatoms. The highest BCUT2D eigenvalue weighted by atomic mass is 16.5. The van der Waals surface area contributed by atoms with Crippen LogP contribution in [0.1, 0.15) is 11.3 Å². The van der Waals surface area contributed by atoms with E-state index in [1.165, 1.54) is 16.3 Å². The quantitative estimate of drug-likeness (QED) is 0.703. The Bertz CT molecular complexity index is 781. The SMILES string of the molecule is COc1cnc(-c2ccc3cc(C)ccc3c2)nc1C. The molecule has 20 heavy (non-hydrogen) atoms. The molecular formula is C17H16N2O. The first-order chi connectivity index (χ1) is 9.67. The van der Waals surface area contributed by atoms with E-state index in [9.17, 15) is 0 Å². The molecule has 0 atom stereocenters. The fourth-order valence-electron chi connectivity index (χ4n) is 2.30. The second-order valence-corrected chi connectivity index (χ2v) is 4.91. The molecular weight excluding hydrogens is 248 g/mol. The maximum absolute atomic E-state index is 5.19. The van der Waals surface area contributed by atoms with Crippen LogP contribution >= 0.6 is 0 Å². The number of fused-ring (bicyclic) bond motifs is 1. The number of benzene rings is 2. The van der Waals surface area contributed by atoms with Crippen molar-refractivity contribution < 1.29 is 4.74 Å².